The van der Waals surface area contributed by atoms with Gasteiger partial charge in [0.2, 0.25) is 0 Å². The number of ether oxygens (including phenoxy) is 4. The Morgan fingerprint density at radius 3 is 1.64 bits per heavy atom. The van der Waals surface area contributed by atoms with Gasteiger partial charge in [0, 0.05) is 0 Å². The van der Waals surface area contributed by atoms with Crippen molar-refractivity contribution in [2.45, 2.75) is 38.3 Å². The largest absolute Gasteiger partial charge is 0.373 e. The summed E-state index contributed by atoms with van der Waals surface area (Å²) >= 11 is 0. The quantitative estimate of drug-likeness (QED) is 0.448. The minimum Gasteiger partial charge on any atom is -0.373 e. The molecule has 2 rings (SSSR count). The van der Waals surface area contributed by atoms with E-state index in [0.717, 1.165) is 13.2 Å². The van der Waals surface area contributed by atoms with Gasteiger partial charge >= 0.3 is 0 Å². The van der Waals surface area contributed by atoms with Crippen LogP contribution in [-0.2, 0) is 18.9 Å². The van der Waals surface area contributed by atoms with Gasteiger partial charge in [0.1, 0.15) is 12.2 Å². The van der Waals surface area contributed by atoms with Gasteiger partial charge in [0.05, 0.1) is 38.6 Å². The highest BCUT2D eigenvalue weighted by molar-refractivity contribution is 4.77. The van der Waals surface area contributed by atoms with E-state index in [1.807, 2.05) is 13.8 Å². The molecule has 0 aromatic rings. The predicted octanol–water partition coefficient (Wildman–Crippen LogP) is 0.594. The molecule has 2 fully saturated rings. The monoisotopic (exact) mass is 202 g/mol. The molecule has 14 heavy (non-hydrogen) atoms. The van der Waals surface area contributed by atoms with Gasteiger partial charge in [0.25, 0.3) is 0 Å². The van der Waals surface area contributed by atoms with Crippen LogP contribution in [0.15, 0.2) is 0 Å². The van der Waals surface area contributed by atoms with Crippen LogP contribution >= 0.6 is 0 Å². The van der Waals surface area contributed by atoms with E-state index in [9.17, 15) is 0 Å². The Bertz CT molecular complexity index is 157. The fraction of sp³-hybridized carbons (Fsp3) is 1.00. The SMILES string of the molecule is CC(OCCOC(C)C1CO1)C1CO1. The van der Waals surface area contributed by atoms with Crippen LogP contribution in [0.1, 0.15) is 13.8 Å². The maximum atomic E-state index is 5.53. The number of hydrogen-bond donors (Lipinski definition) is 0. The van der Waals surface area contributed by atoms with Crippen LogP contribution in [0.2, 0.25) is 0 Å². The van der Waals surface area contributed by atoms with Gasteiger partial charge < -0.3 is 18.9 Å². The summed E-state index contributed by atoms with van der Waals surface area (Å²) in [6, 6.07) is 0. The molecule has 0 saturated carbocycles. The zero-order valence-electron chi connectivity index (χ0n) is 8.77. The Morgan fingerprint density at radius 2 is 1.36 bits per heavy atom. The summed E-state index contributed by atoms with van der Waals surface area (Å²) in [5.74, 6) is 0. The summed E-state index contributed by atoms with van der Waals surface area (Å²) in [6.07, 6.45) is 1.04. The number of hydrogen-bond acceptors (Lipinski definition) is 4. The second kappa shape index (κ2) is 4.57. The molecule has 0 radical (unpaired) electrons. The summed E-state index contributed by atoms with van der Waals surface area (Å²) in [6.45, 7) is 7.02. The highest BCUT2D eigenvalue weighted by Crippen LogP contribution is 2.17. The van der Waals surface area contributed by atoms with Crippen LogP contribution in [0.5, 0.6) is 0 Å². The van der Waals surface area contributed by atoms with E-state index in [1.165, 1.54) is 0 Å². The van der Waals surface area contributed by atoms with Gasteiger partial charge in [-0.3, -0.25) is 0 Å². The van der Waals surface area contributed by atoms with Crippen LogP contribution in [0, 0.1) is 0 Å². The van der Waals surface area contributed by atoms with Crippen molar-refractivity contribution in [1.29, 1.82) is 0 Å². The summed E-state index contributed by atoms with van der Waals surface area (Å²) in [4.78, 5) is 0. The summed E-state index contributed by atoms with van der Waals surface area (Å²) in [7, 11) is 0. The molecule has 2 aliphatic rings. The minimum atomic E-state index is 0.200. The van der Waals surface area contributed by atoms with E-state index in [1.54, 1.807) is 0 Å². The molecule has 0 aliphatic carbocycles. The molecule has 0 bridgehead atoms. The van der Waals surface area contributed by atoms with Gasteiger partial charge in [-0.2, -0.15) is 0 Å². The molecular weight excluding hydrogens is 184 g/mol. The molecule has 0 amide bonds. The molecular formula is C10H18O4. The molecule has 4 heteroatoms. The molecule has 0 N–H and O–H groups in total. The molecule has 4 nitrogen and oxygen atoms in total. The van der Waals surface area contributed by atoms with Gasteiger partial charge in [0.15, 0.2) is 0 Å². The standard InChI is InChI=1S/C10H18O4/c1-7(9-5-13-9)11-3-4-12-8(2)10-6-14-10/h7-10H,3-6H2,1-2H3. The second-order valence-electron chi connectivity index (χ2n) is 3.90. The predicted molar refractivity (Wildman–Crippen MR) is 50.3 cm³/mol. The summed E-state index contributed by atoms with van der Waals surface area (Å²) < 4.78 is 21.3. The Balaban J connectivity index is 1.45. The normalized spacial score (nSPS) is 33.9. The van der Waals surface area contributed by atoms with Crippen molar-refractivity contribution in [1.82, 2.24) is 0 Å². The zero-order valence-corrected chi connectivity index (χ0v) is 8.77. The molecule has 2 heterocycles. The first-order valence-electron chi connectivity index (χ1n) is 5.24. The Kier molecular flexibility index (Phi) is 3.38. The Labute approximate surface area is 84.5 Å². The highest BCUT2D eigenvalue weighted by atomic mass is 16.6. The molecule has 0 spiro atoms. The van der Waals surface area contributed by atoms with Crippen LogP contribution in [-0.4, -0.2) is 50.8 Å². The molecule has 0 aromatic carbocycles. The lowest BCUT2D eigenvalue weighted by Gasteiger charge is -2.13. The molecule has 4 unspecified atom stereocenters. The van der Waals surface area contributed by atoms with Crippen molar-refractivity contribution in [2.24, 2.45) is 0 Å². The first-order chi connectivity index (χ1) is 6.77. The zero-order chi connectivity index (χ0) is 9.97. The van der Waals surface area contributed by atoms with Gasteiger partial charge in [-0.15, -0.1) is 0 Å². The lowest BCUT2D eigenvalue weighted by atomic mass is 10.3. The fourth-order valence-corrected chi connectivity index (χ4v) is 1.34. The van der Waals surface area contributed by atoms with Crippen LogP contribution in [0.25, 0.3) is 0 Å². The summed E-state index contributed by atoms with van der Waals surface area (Å²) in [5.41, 5.74) is 0. The van der Waals surface area contributed by atoms with Crippen molar-refractivity contribution in [2.75, 3.05) is 26.4 Å². The van der Waals surface area contributed by atoms with Gasteiger partial charge in [-0.25, -0.2) is 0 Å². The van der Waals surface area contributed by atoms with Crippen molar-refractivity contribution < 1.29 is 18.9 Å². The van der Waals surface area contributed by atoms with E-state index in [-0.39, 0.29) is 12.2 Å². The first kappa shape index (κ1) is 10.4. The fourth-order valence-electron chi connectivity index (χ4n) is 1.34. The summed E-state index contributed by atoms with van der Waals surface area (Å²) in [5, 5.41) is 0. The second-order valence-corrected chi connectivity index (χ2v) is 3.90. The Morgan fingerprint density at radius 1 is 1.00 bits per heavy atom. The maximum absolute atomic E-state index is 5.53. The average Bonchev–Trinajstić information content (AvgIpc) is 3.06. The smallest absolute Gasteiger partial charge is 0.107 e. The van der Waals surface area contributed by atoms with E-state index >= 15 is 0 Å². The Hall–Kier alpha value is -0.160. The maximum Gasteiger partial charge on any atom is 0.107 e. The topological polar surface area (TPSA) is 43.5 Å². The first-order valence-corrected chi connectivity index (χ1v) is 5.24. The lowest BCUT2D eigenvalue weighted by molar-refractivity contribution is -0.0253. The number of epoxide rings is 2. The average molecular weight is 202 g/mol. The molecule has 0 aromatic heterocycles. The van der Waals surface area contributed by atoms with Crippen LogP contribution in [0.4, 0.5) is 0 Å². The minimum absolute atomic E-state index is 0.200. The van der Waals surface area contributed by atoms with Crippen molar-refractivity contribution >= 4 is 0 Å². The van der Waals surface area contributed by atoms with E-state index in [0.29, 0.717) is 25.4 Å². The number of rotatable bonds is 7. The van der Waals surface area contributed by atoms with Crippen LogP contribution in [0.3, 0.4) is 0 Å². The van der Waals surface area contributed by atoms with Crippen molar-refractivity contribution in [3.05, 3.63) is 0 Å². The molecule has 4 atom stereocenters. The van der Waals surface area contributed by atoms with Crippen LogP contribution < -0.4 is 0 Å². The third-order valence-electron chi connectivity index (χ3n) is 2.61. The van der Waals surface area contributed by atoms with E-state index in [2.05, 4.69) is 0 Å². The van der Waals surface area contributed by atoms with Crippen molar-refractivity contribution in [3.8, 4) is 0 Å². The van der Waals surface area contributed by atoms with Gasteiger partial charge in [-0.05, 0) is 13.8 Å². The highest BCUT2D eigenvalue weighted by Gasteiger charge is 2.31. The molecule has 2 aliphatic heterocycles. The molecule has 2 saturated heterocycles. The lowest BCUT2D eigenvalue weighted by Crippen LogP contribution is -2.22. The molecule has 82 valence electrons. The van der Waals surface area contributed by atoms with Gasteiger partial charge in [-0.1, -0.05) is 0 Å². The van der Waals surface area contributed by atoms with E-state index in [4.69, 9.17) is 18.9 Å². The van der Waals surface area contributed by atoms with E-state index < -0.39 is 0 Å². The van der Waals surface area contributed by atoms with Crippen molar-refractivity contribution in [3.63, 3.8) is 0 Å². The third-order valence-corrected chi connectivity index (χ3v) is 2.61. The third kappa shape index (κ3) is 3.20.